The highest BCUT2D eigenvalue weighted by Crippen LogP contribution is 2.24. The van der Waals surface area contributed by atoms with Gasteiger partial charge in [0.15, 0.2) is 0 Å². The minimum absolute atomic E-state index is 0.100. The van der Waals surface area contributed by atoms with Crippen molar-refractivity contribution in [2.24, 2.45) is 5.92 Å². The summed E-state index contributed by atoms with van der Waals surface area (Å²) in [6.07, 6.45) is 3.55. The van der Waals surface area contributed by atoms with Crippen LogP contribution in [0.25, 0.3) is 0 Å². The minimum Gasteiger partial charge on any atom is -0.497 e. The minimum atomic E-state index is -0.100. The molecule has 0 radical (unpaired) electrons. The number of ether oxygens (including phenoxy) is 2. The highest BCUT2D eigenvalue weighted by molar-refractivity contribution is 5.97. The first-order valence-corrected chi connectivity index (χ1v) is 8.36. The zero-order valence-corrected chi connectivity index (χ0v) is 14.4. The molecule has 1 aliphatic heterocycles. The van der Waals surface area contributed by atoms with E-state index < -0.39 is 0 Å². The Bertz CT molecular complexity index is 511. The summed E-state index contributed by atoms with van der Waals surface area (Å²) in [7, 11) is 3.15. The van der Waals surface area contributed by atoms with Gasteiger partial charge >= 0.3 is 0 Å². The number of amides is 1. The molecule has 1 fully saturated rings. The van der Waals surface area contributed by atoms with Gasteiger partial charge in [0.05, 0.1) is 19.8 Å². The predicted octanol–water partition coefficient (Wildman–Crippen LogP) is 2.56. The molecule has 1 amide bonds. The lowest BCUT2D eigenvalue weighted by Crippen LogP contribution is -2.35. The molecule has 0 aromatic heterocycles. The van der Waals surface area contributed by atoms with Crippen molar-refractivity contribution < 1.29 is 14.3 Å². The lowest BCUT2D eigenvalue weighted by atomic mass is 9.99. The molecule has 0 bridgehead atoms. The molecule has 2 rings (SSSR count). The molecule has 1 N–H and O–H groups in total. The number of methoxy groups -OCH3 is 2. The zero-order valence-electron chi connectivity index (χ0n) is 14.4. The van der Waals surface area contributed by atoms with E-state index in [9.17, 15) is 4.79 Å². The van der Waals surface area contributed by atoms with E-state index in [1.165, 1.54) is 25.9 Å². The molecule has 1 aromatic rings. The van der Waals surface area contributed by atoms with E-state index in [4.69, 9.17) is 9.47 Å². The smallest absolute Gasteiger partial charge is 0.255 e. The van der Waals surface area contributed by atoms with Gasteiger partial charge in [-0.2, -0.15) is 0 Å². The molecule has 23 heavy (non-hydrogen) atoms. The summed E-state index contributed by atoms with van der Waals surface area (Å²) in [6.45, 7) is 6.41. The maximum Gasteiger partial charge on any atom is 0.255 e. The largest absolute Gasteiger partial charge is 0.497 e. The highest BCUT2D eigenvalue weighted by Gasteiger charge is 2.16. The molecule has 0 aliphatic carbocycles. The summed E-state index contributed by atoms with van der Waals surface area (Å²) in [5.41, 5.74) is 0.542. The highest BCUT2D eigenvalue weighted by atomic mass is 16.5. The van der Waals surface area contributed by atoms with E-state index in [1.54, 1.807) is 32.4 Å². The molecule has 0 spiro atoms. The predicted molar refractivity (Wildman–Crippen MR) is 91.3 cm³/mol. The molecular weight excluding hydrogens is 292 g/mol. The summed E-state index contributed by atoms with van der Waals surface area (Å²) >= 11 is 0. The van der Waals surface area contributed by atoms with Crippen molar-refractivity contribution >= 4 is 5.91 Å². The van der Waals surface area contributed by atoms with E-state index in [-0.39, 0.29) is 5.91 Å². The van der Waals surface area contributed by atoms with Crippen molar-refractivity contribution in [3.05, 3.63) is 23.8 Å². The second kappa shape index (κ2) is 8.77. The summed E-state index contributed by atoms with van der Waals surface area (Å²) < 4.78 is 10.4. The fourth-order valence-electron chi connectivity index (χ4n) is 2.87. The van der Waals surface area contributed by atoms with Gasteiger partial charge in [0.2, 0.25) is 0 Å². The summed E-state index contributed by atoms with van der Waals surface area (Å²) in [5, 5.41) is 2.97. The Labute approximate surface area is 139 Å². The number of carbonyl (C=O) groups is 1. The first kappa shape index (κ1) is 17.6. The topological polar surface area (TPSA) is 50.8 Å². The van der Waals surface area contributed by atoms with Crippen LogP contribution < -0.4 is 14.8 Å². The second-order valence-corrected chi connectivity index (χ2v) is 6.20. The number of nitrogens with zero attached hydrogens (tertiary/aromatic N) is 1. The molecule has 128 valence electrons. The SMILES string of the molecule is COc1ccc(C(=O)NCCCN2CCC(C)CC2)c(OC)c1. The molecule has 1 heterocycles. The Morgan fingerprint density at radius 1 is 1.26 bits per heavy atom. The van der Waals surface area contributed by atoms with Crippen molar-refractivity contribution in [2.75, 3.05) is 40.4 Å². The molecule has 0 atom stereocenters. The van der Waals surface area contributed by atoms with Gasteiger partial charge in [-0.3, -0.25) is 4.79 Å². The summed E-state index contributed by atoms with van der Waals surface area (Å²) in [4.78, 5) is 14.8. The summed E-state index contributed by atoms with van der Waals surface area (Å²) in [6, 6.07) is 5.23. The third-order valence-corrected chi connectivity index (χ3v) is 4.47. The Morgan fingerprint density at radius 3 is 2.65 bits per heavy atom. The maximum absolute atomic E-state index is 12.3. The van der Waals surface area contributed by atoms with E-state index >= 15 is 0 Å². The third-order valence-electron chi connectivity index (χ3n) is 4.47. The van der Waals surface area contributed by atoms with Gasteiger partial charge in [-0.25, -0.2) is 0 Å². The first-order chi connectivity index (χ1) is 11.1. The number of carbonyl (C=O) groups excluding carboxylic acids is 1. The van der Waals surface area contributed by atoms with Crippen LogP contribution >= 0.6 is 0 Å². The molecule has 1 saturated heterocycles. The average molecular weight is 320 g/mol. The third kappa shape index (κ3) is 5.13. The lowest BCUT2D eigenvalue weighted by molar-refractivity contribution is 0.0947. The average Bonchev–Trinajstić information content (AvgIpc) is 2.59. The Balaban J connectivity index is 1.76. The van der Waals surface area contributed by atoms with Crippen molar-refractivity contribution in [1.82, 2.24) is 10.2 Å². The van der Waals surface area contributed by atoms with Gasteiger partial charge in [-0.1, -0.05) is 6.92 Å². The van der Waals surface area contributed by atoms with E-state index in [1.807, 2.05) is 0 Å². The Morgan fingerprint density at radius 2 is 2.00 bits per heavy atom. The van der Waals surface area contributed by atoms with Gasteiger partial charge in [0, 0.05) is 12.6 Å². The molecule has 5 heteroatoms. The number of hydrogen-bond donors (Lipinski definition) is 1. The number of nitrogens with one attached hydrogen (secondary N) is 1. The molecule has 0 saturated carbocycles. The van der Waals surface area contributed by atoms with Crippen molar-refractivity contribution in [3.63, 3.8) is 0 Å². The number of piperidine rings is 1. The first-order valence-electron chi connectivity index (χ1n) is 8.36. The zero-order chi connectivity index (χ0) is 16.7. The van der Waals surface area contributed by atoms with Crippen molar-refractivity contribution in [1.29, 1.82) is 0 Å². The number of likely N-dealkylation sites (tertiary alicyclic amines) is 1. The summed E-state index contributed by atoms with van der Waals surface area (Å²) in [5.74, 6) is 1.97. The van der Waals surface area contributed by atoms with Gasteiger partial charge < -0.3 is 19.7 Å². The van der Waals surface area contributed by atoms with Crippen LogP contribution in [-0.4, -0.2) is 51.2 Å². The fourth-order valence-corrected chi connectivity index (χ4v) is 2.87. The van der Waals surface area contributed by atoms with Crippen LogP contribution in [0, 0.1) is 5.92 Å². The number of benzene rings is 1. The normalized spacial score (nSPS) is 16.1. The van der Waals surface area contributed by atoms with Gasteiger partial charge in [0.25, 0.3) is 5.91 Å². The Kier molecular flexibility index (Phi) is 6.71. The number of hydrogen-bond acceptors (Lipinski definition) is 4. The maximum atomic E-state index is 12.3. The fraction of sp³-hybridized carbons (Fsp3) is 0.611. The van der Waals surface area contributed by atoms with Crippen LogP contribution in [0.1, 0.15) is 36.5 Å². The van der Waals surface area contributed by atoms with Crippen LogP contribution in [0.4, 0.5) is 0 Å². The molecular formula is C18H28N2O3. The molecule has 0 unspecified atom stereocenters. The van der Waals surface area contributed by atoms with Crippen molar-refractivity contribution in [2.45, 2.75) is 26.2 Å². The monoisotopic (exact) mass is 320 g/mol. The second-order valence-electron chi connectivity index (χ2n) is 6.20. The van der Waals surface area contributed by atoms with Crippen molar-refractivity contribution in [3.8, 4) is 11.5 Å². The van der Waals surface area contributed by atoms with E-state index in [0.29, 0.717) is 23.6 Å². The van der Waals surface area contributed by atoms with E-state index in [2.05, 4.69) is 17.1 Å². The number of rotatable bonds is 7. The lowest BCUT2D eigenvalue weighted by Gasteiger charge is -2.30. The van der Waals surface area contributed by atoms with Crippen LogP contribution in [0.3, 0.4) is 0 Å². The standard InChI is InChI=1S/C18H28N2O3/c1-14-7-11-20(12-8-14)10-4-9-19-18(21)16-6-5-15(22-2)13-17(16)23-3/h5-6,13-14H,4,7-12H2,1-3H3,(H,19,21). The quantitative estimate of drug-likeness (QED) is 0.785. The van der Waals surface area contributed by atoms with Crippen LogP contribution in [0.5, 0.6) is 11.5 Å². The van der Waals surface area contributed by atoms with Crippen LogP contribution in [0.15, 0.2) is 18.2 Å². The molecule has 1 aromatic carbocycles. The van der Waals surface area contributed by atoms with Gasteiger partial charge in [0.1, 0.15) is 11.5 Å². The van der Waals surface area contributed by atoms with E-state index in [0.717, 1.165) is 18.9 Å². The molecule has 5 nitrogen and oxygen atoms in total. The van der Waals surface area contributed by atoms with Crippen LogP contribution in [0.2, 0.25) is 0 Å². The van der Waals surface area contributed by atoms with Crippen LogP contribution in [-0.2, 0) is 0 Å². The van der Waals surface area contributed by atoms with Gasteiger partial charge in [-0.15, -0.1) is 0 Å². The molecule has 1 aliphatic rings. The Hall–Kier alpha value is -1.75. The van der Waals surface area contributed by atoms with Gasteiger partial charge in [-0.05, 0) is 56.9 Å².